The molecule has 20 heavy (non-hydrogen) atoms. The van der Waals surface area contributed by atoms with Gasteiger partial charge in [0.25, 0.3) is 0 Å². The third kappa shape index (κ3) is 3.59. The molecule has 3 nitrogen and oxygen atoms in total. The van der Waals surface area contributed by atoms with Crippen LogP contribution in [0.1, 0.15) is 21.5 Å². The highest BCUT2D eigenvalue weighted by Crippen LogP contribution is 2.15. The van der Waals surface area contributed by atoms with E-state index >= 15 is 0 Å². The molecule has 3 heteroatoms. The molecule has 0 saturated heterocycles. The molecule has 100 valence electrons. The standard InChI is InChI=1S/C17H14O3/c1-2-20-16-10-8-13(9-11-16)6-7-14-4-3-5-15(12-14)17(18)19/h2-12H,1H2,(H,18,19)/b7-6+. The van der Waals surface area contributed by atoms with E-state index in [2.05, 4.69) is 6.58 Å². The first-order chi connectivity index (χ1) is 9.69. The highest BCUT2D eigenvalue weighted by Gasteiger charge is 2.01. The number of hydrogen-bond donors (Lipinski definition) is 1. The Morgan fingerprint density at radius 2 is 1.75 bits per heavy atom. The predicted octanol–water partition coefficient (Wildman–Crippen LogP) is 4.08. The summed E-state index contributed by atoms with van der Waals surface area (Å²) < 4.78 is 5.14. The summed E-state index contributed by atoms with van der Waals surface area (Å²) in [6.45, 7) is 3.49. The highest BCUT2D eigenvalue weighted by atomic mass is 16.5. The van der Waals surface area contributed by atoms with Crippen molar-refractivity contribution in [1.29, 1.82) is 0 Å². The Morgan fingerprint density at radius 1 is 1.05 bits per heavy atom. The molecule has 0 spiro atoms. The summed E-state index contributed by atoms with van der Waals surface area (Å²) in [6, 6.07) is 14.3. The van der Waals surface area contributed by atoms with E-state index < -0.39 is 5.97 Å². The first kappa shape index (κ1) is 13.6. The molecule has 0 unspecified atom stereocenters. The Bertz CT molecular complexity index is 640. The van der Waals surface area contributed by atoms with E-state index in [0.29, 0.717) is 0 Å². The molecule has 0 aliphatic carbocycles. The van der Waals surface area contributed by atoms with Gasteiger partial charge in [-0.05, 0) is 35.4 Å². The fourth-order valence-corrected chi connectivity index (χ4v) is 1.72. The lowest BCUT2D eigenvalue weighted by Gasteiger charge is -2.00. The lowest BCUT2D eigenvalue weighted by Crippen LogP contribution is -1.95. The Morgan fingerprint density at radius 3 is 2.40 bits per heavy atom. The summed E-state index contributed by atoms with van der Waals surface area (Å²) in [7, 11) is 0. The summed E-state index contributed by atoms with van der Waals surface area (Å²) >= 11 is 0. The third-order valence-electron chi connectivity index (χ3n) is 2.70. The zero-order valence-corrected chi connectivity index (χ0v) is 10.8. The normalized spacial score (nSPS) is 10.4. The molecule has 2 aromatic carbocycles. The number of ether oxygens (including phenoxy) is 1. The van der Waals surface area contributed by atoms with Gasteiger partial charge >= 0.3 is 5.97 Å². The van der Waals surface area contributed by atoms with Crippen LogP contribution in [0.2, 0.25) is 0 Å². The van der Waals surface area contributed by atoms with Crippen molar-refractivity contribution < 1.29 is 14.6 Å². The highest BCUT2D eigenvalue weighted by molar-refractivity contribution is 5.88. The summed E-state index contributed by atoms with van der Waals surface area (Å²) in [6.07, 6.45) is 5.16. The van der Waals surface area contributed by atoms with Crippen LogP contribution < -0.4 is 4.74 Å². The van der Waals surface area contributed by atoms with E-state index in [4.69, 9.17) is 9.84 Å². The average molecular weight is 266 g/mol. The van der Waals surface area contributed by atoms with Gasteiger partial charge in [-0.2, -0.15) is 0 Å². The van der Waals surface area contributed by atoms with Crippen LogP contribution in [-0.4, -0.2) is 11.1 Å². The molecule has 0 amide bonds. The minimum Gasteiger partial charge on any atom is -0.478 e. The maximum atomic E-state index is 10.9. The van der Waals surface area contributed by atoms with Gasteiger partial charge in [0.05, 0.1) is 11.8 Å². The van der Waals surface area contributed by atoms with E-state index in [0.717, 1.165) is 16.9 Å². The summed E-state index contributed by atoms with van der Waals surface area (Å²) in [4.78, 5) is 10.9. The molecule has 0 fully saturated rings. The zero-order valence-electron chi connectivity index (χ0n) is 10.8. The Labute approximate surface area is 117 Å². The summed E-state index contributed by atoms with van der Waals surface area (Å²) in [5, 5.41) is 8.93. The van der Waals surface area contributed by atoms with Crippen LogP contribution in [0, 0.1) is 0 Å². The topological polar surface area (TPSA) is 46.5 Å². The third-order valence-corrected chi connectivity index (χ3v) is 2.70. The number of hydrogen-bond acceptors (Lipinski definition) is 2. The van der Waals surface area contributed by atoms with Gasteiger partial charge in [-0.25, -0.2) is 4.79 Å². The largest absolute Gasteiger partial charge is 0.478 e. The second-order valence-electron chi connectivity index (χ2n) is 4.12. The summed E-state index contributed by atoms with van der Waals surface area (Å²) in [5.41, 5.74) is 2.13. The van der Waals surface area contributed by atoms with Crippen molar-refractivity contribution >= 4 is 18.1 Å². The zero-order chi connectivity index (χ0) is 14.4. The number of aromatic carboxylic acids is 1. The van der Waals surface area contributed by atoms with Crippen molar-refractivity contribution in [3.8, 4) is 5.75 Å². The fraction of sp³-hybridized carbons (Fsp3) is 0. The number of benzene rings is 2. The monoisotopic (exact) mass is 266 g/mol. The second-order valence-corrected chi connectivity index (χ2v) is 4.12. The minimum atomic E-state index is -0.925. The van der Waals surface area contributed by atoms with Gasteiger partial charge in [0.15, 0.2) is 0 Å². The lowest BCUT2D eigenvalue weighted by molar-refractivity contribution is 0.0697. The molecular weight excluding hydrogens is 252 g/mol. The van der Waals surface area contributed by atoms with Gasteiger partial charge in [-0.3, -0.25) is 0 Å². The molecule has 1 N–H and O–H groups in total. The first-order valence-corrected chi connectivity index (χ1v) is 6.08. The van der Waals surface area contributed by atoms with E-state index in [1.807, 2.05) is 42.5 Å². The van der Waals surface area contributed by atoms with Gasteiger partial charge in [0.2, 0.25) is 0 Å². The van der Waals surface area contributed by atoms with Crippen LogP contribution in [0.25, 0.3) is 12.2 Å². The molecule has 0 aliphatic rings. The Balaban J connectivity index is 2.14. The summed E-state index contributed by atoms with van der Waals surface area (Å²) in [5.74, 6) is -0.198. The van der Waals surface area contributed by atoms with Crippen molar-refractivity contribution in [3.05, 3.63) is 78.1 Å². The molecule has 0 aromatic heterocycles. The van der Waals surface area contributed by atoms with Gasteiger partial charge in [-0.15, -0.1) is 0 Å². The van der Waals surface area contributed by atoms with Crippen molar-refractivity contribution in [2.24, 2.45) is 0 Å². The van der Waals surface area contributed by atoms with Crippen LogP contribution in [0.3, 0.4) is 0 Å². The van der Waals surface area contributed by atoms with Crippen molar-refractivity contribution in [2.45, 2.75) is 0 Å². The molecule has 0 radical (unpaired) electrons. The van der Waals surface area contributed by atoms with E-state index in [-0.39, 0.29) is 5.56 Å². The predicted molar refractivity (Wildman–Crippen MR) is 79.6 cm³/mol. The van der Waals surface area contributed by atoms with E-state index in [1.165, 1.54) is 6.26 Å². The second kappa shape index (κ2) is 6.38. The molecule has 2 aromatic rings. The van der Waals surface area contributed by atoms with Crippen molar-refractivity contribution in [1.82, 2.24) is 0 Å². The fourth-order valence-electron chi connectivity index (χ4n) is 1.72. The van der Waals surface area contributed by atoms with Gasteiger partial charge in [0.1, 0.15) is 5.75 Å². The maximum Gasteiger partial charge on any atom is 0.335 e. The SMILES string of the molecule is C=COc1ccc(/C=C/c2cccc(C(=O)O)c2)cc1. The quantitative estimate of drug-likeness (QED) is 0.655. The molecule has 0 heterocycles. The van der Waals surface area contributed by atoms with Crippen molar-refractivity contribution in [2.75, 3.05) is 0 Å². The van der Waals surface area contributed by atoms with Crippen LogP contribution in [0.15, 0.2) is 61.4 Å². The minimum absolute atomic E-state index is 0.280. The number of carbonyl (C=O) groups is 1. The maximum absolute atomic E-state index is 10.9. The van der Waals surface area contributed by atoms with Crippen LogP contribution in [0.4, 0.5) is 0 Å². The van der Waals surface area contributed by atoms with Crippen LogP contribution in [-0.2, 0) is 0 Å². The average Bonchev–Trinajstić information content (AvgIpc) is 2.47. The molecule has 0 bridgehead atoms. The number of carboxylic acids is 1. The molecule has 0 saturated carbocycles. The number of carboxylic acid groups (broad SMARTS) is 1. The Hall–Kier alpha value is -2.81. The first-order valence-electron chi connectivity index (χ1n) is 6.08. The lowest BCUT2D eigenvalue weighted by atomic mass is 10.1. The van der Waals surface area contributed by atoms with Crippen LogP contribution in [0.5, 0.6) is 5.75 Å². The molecule has 2 rings (SSSR count). The van der Waals surface area contributed by atoms with E-state index in [9.17, 15) is 4.79 Å². The van der Waals surface area contributed by atoms with Gasteiger partial charge < -0.3 is 9.84 Å². The Kier molecular flexibility index (Phi) is 4.35. The van der Waals surface area contributed by atoms with Crippen molar-refractivity contribution in [3.63, 3.8) is 0 Å². The van der Waals surface area contributed by atoms with Gasteiger partial charge in [-0.1, -0.05) is 43.0 Å². The van der Waals surface area contributed by atoms with Gasteiger partial charge in [0, 0.05) is 0 Å². The van der Waals surface area contributed by atoms with Crippen LogP contribution >= 0.6 is 0 Å². The molecule has 0 atom stereocenters. The smallest absolute Gasteiger partial charge is 0.335 e. The molecular formula is C17H14O3. The number of rotatable bonds is 5. The molecule has 0 aliphatic heterocycles. The van der Waals surface area contributed by atoms with E-state index in [1.54, 1.807) is 18.2 Å².